The summed E-state index contributed by atoms with van der Waals surface area (Å²) in [5.41, 5.74) is 1.05. The third-order valence-corrected chi connectivity index (χ3v) is 3.81. The molecule has 0 aliphatic rings. The highest BCUT2D eigenvalue weighted by molar-refractivity contribution is 6.05. The zero-order valence-corrected chi connectivity index (χ0v) is 16.4. The molecule has 0 saturated carbocycles. The molecule has 0 unspecified atom stereocenters. The van der Waals surface area contributed by atoms with Gasteiger partial charge in [0.2, 0.25) is 11.8 Å². The first-order chi connectivity index (χ1) is 13.3. The number of anilines is 2. The minimum Gasteiger partial charge on any atom is -0.489 e. The Morgan fingerprint density at radius 3 is 2.32 bits per heavy atom. The van der Waals surface area contributed by atoms with E-state index in [2.05, 4.69) is 5.32 Å². The minimum atomic E-state index is -0.560. The Hall–Kier alpha value is -3.35. The maximum atomic E-state index is 12.6. The number of carbonyl (C=O) groups is 3. The van der Waals surface area contributed by atoms with E-state index in [-0.39, 0.29) is 24.1 Å². The second-order valence-electron chi connectivity index (χ2n) is 6.32. The van der Waals surface area contributed by atoms with Crippen LogP contribution in [0.25, 0.3) is 0 Å². The number of esters is 1. The second-order valence-corrected chi connectivity index (χ2v) is 6.32. The van der Waals surface area contributed by atoms with E-state index in [1.807, 2.05) is 13.8 Å². The Morgan fingerprint density at radius 2 is 1.68 bits per heavy atom. The standard InChI is InChI=1S/C21H24N2O5/c1-14(2)28-19-12-8-7-11-18(19)23(15(3)24)13-20(25)22-17-10-6-5-9-16(17)21(26)27-4/h5-12,14H,13H2,1-4H3,(H,22,25). The molecule has 0 aliphatic carbocycles. The van der Waals surface area contributed by atoms with Crippen LogP contribution in [0, 0.1) is 0 Å². The number of hydrogen-bond donors (Lipinski definition) is 1. The zero-order chi connectivity index (χ0) is 20.7. The van der Waals surface area contributed by atoms with Gasteiger partial charge in [-0.2, -0.15) is 0 Å². The lowest BCUT2D eigenvalue weighted by Crippen LogP contribution is -2.37. The van der Waals surface area contributed by atoms with Gasteiger partial charge in [0.25, 0.3) is 0 Å². The summed E-state index contributed by atoms with van der Waals surface area (Å²) in [4.78, 5) is 38.0. The number of para-hydroxylation sites is 3. The summed E-state index contributed by atoms with van der Waals surface area (Å²) >= 11 is 0. The number of amides is 2. The highest BCUT2D eigenvalue weighted by atomic mass is 16.5. The van der Waals surface area contributed by atoms with E-state index in [0.717, 1.165) is 0 Å². The van der Waals surface area contributed by atoms with Gasteiger partial charge in [-0.1, -0.05) is 24.3 Å². The van der Waals surface area contributed by atoms with Gasteiger partial charge >= 0.3 is 5.97 Å². The molecule has 148 valence electrons. The summed E-state index contributed by atoms with van der Waals surface area (Å²) in [6, 6.07) is 13.5. The summed E-state index contributed by atoms with van der Waals surface area (Å²) in [5.74, 6) is -0.812. The summed E-state index contributed by atoms with van der Waals surface area (Å²) in [6.45, 7) is 4.90. The molecular formula is C21H24N2O5. The quantitative estimate of drug-likeness (QED) is 0.741. The molecule has 0 atom stereocenters. The first-order valence-electron chi connectivity index (χ1n) is 8.84. The Bertz CT molecular complexity index is 863. The normalized spacial score (nSPS) is 10.3. The van der Waals surface area contributed by atoms with Gasteiger partial charge in [-0.15, -0.1) is 0 Å². The lowest BCUT2D eigenvalue weighted by molar-refractivity contribution is -0.120. The van der Waals surface area contributed by atoms with Gasteiger partial charge in [0.05, 0.1) is 30.2 Å². The van der Waals surface area contributed by atoms with E-state index >= 15 is 0 Å². The lowest BCUT2D eigenvalue weighted by atomic mass is 10.1. The lowest BCUT2D eigenvalue weighted by Gasteiger charge is -2.24. The number of nitrogens with zero attached hydrogens (tertiary/aromatic N) is 1. The molecule has 0 fully saturated rings. The van der Waals surface area contributed by atoms with Crippen LogP contribution in [0.5, 0.6) is 5.75 Å². The number of hydrogen-bond acceptors (Lipinski definition) is 5. The molecule has 0 bridgehead atoms. The third kappa shape index (κ3) is 5.33. The number of carbonyl (C=O) groups excluding carboxylic acids is 3. The van der Waals surface area contributed by atoms with Crippen LogP contribution >= 0.6 is 0 Å². The van der Waals surface area contributed by atoms with Crippen LogP contribution in [0.1, 0.15) is 31.1 Å². The van der Waals surface area contributed by atoms with Gasteiger partial charge in [0.1, 0.15) is 12.3 Å². The van der Waals surface area contributed by atoms with Crippen molar-refractivity contribution in [2.24, 2.45) is 0 Å². The molecule has 0 radical (unpaired) electrons. The predicted octanol–water partition coefficient (Wildman–Crippen LogP) is 3.25. The summed E-state index contributed by atoms with van der Waals surface area (Å²) in [5, 5.41) is 2.67. The number of benzene rings is 2. The van der Waals surface area contributed by atoms with Crippen LogP contribution in [0.15, 0.2) is 48.5 Å². The molecular weight excluding hydrogens is 360 g/mol. The van der Waals surface area contributed by atoms with Crippen LogP contribution in [0.2, 0.25) is 0 Å². The third-order valence-electron chi connectivity index (χ3n) is 3.81. The molecule has 2 aromatic rings. The van der Waals surface area contributed by atoms with Crippen molar-refractivity contribution in [2.75, 3.05) is 23.9 Å². The Labute approximate surface area is 164 Å². The fraction of sp³-hybridized carbons (Fsp3) is 0.286. The van der Waals surface area contributed by atoms with Crippen molar-refractivity contribution in [3.05, 3.63) is 54.1 Å². The average Bonchev–Trinajstić information content (AvgIpc) is 2.66. The van der Waals surface area contributed by atoms with Crippen molar-refractivity contribution in [1.82, 2.24) is 0 Å². The smallest absolute Gasteiger partial charge is 0.339 e. The molecule has 0 heterocycles. The van der Waals surface area contributed by atoms with Gasteiger partial charge in [-0.05, 0) is 38.1 Å². The van der Waals surface area contributed by atoms with Crippen LogP contribution in [0.3, 0.4) is 0 Å². The minimum absolute atomic E-state index is 0.0873. The molecule has 0 aliphatic heterocycles. The number of methoxy groups -OCH3 is 1. The van der Waals surface area contributed by atoms with Crippen LogP contribution in [-0.2, 0) is 14.3 Å². The van der Waals surface area contributed by atoms with Crippen molar-refractivity contribution in [1.29, 1.82) is 0 Å². The van der Waals surface area contributed by atoms with Gasteiger partial charge in [0.15, 0.2) is 0 Å². The first kappa shape index (κ1) is 21.0. The van der Waals surface area contributed by atoms with Crippen molar-refractivity contribution < 1.29 is 23.9 Å². The van der Waals surface area contributed by atoms with E-state index < -0.39 is 11.9 Å². The molecule has 0 aromatic heterocycles. The van der Waals surface area contributed by atoms with E-state index in [1.54, 1.807) is 48.5 Å². The van der Waals surface area contributed by atoms with Crippen molar-refractivity contribution in [3.63, 3.8) is 0 Å². The van der Waals surface area contributed by atoms with Crippen LogP contribution in [0.4, 0.5) is 11.4 Å². The maximum Gasteiger partial charge on any atom is 0.339 e. The molecule has 7 nitrogen and oxygen atoms in total. The fourth-order valence-corrected chi connectivity index (χ4v) is 2.61. The Balaban J connectivity index is 2.24. The van der Waals surface area contributed by atoms with E-state index in [1.165, 1.54) is 18.9 Å². The topological polar surface area (TPSA) is 84.9 Å². The van der Waals surface area contributed by atoms with Crippen molar-refractivity contribution >= 4 is 29.2 Å². The summed E-state index contributed by atoms with van der Waals surface area (Å²) in [7, 11) is 1.27. The molecule has 2 aromatic carbocycles. The molecule has 2 rings (SSSR count). The monoisotopic (exact) mass is 384 g/mol. The highest BCUT2D eigenvalue weighted by Gasteiger charge is 2.21. The van der Waals surface area contributed by atoms with Gasteiger partial charge < -0.3 is 14.8 Å². The zero-order valence-electron chi connectivity index (χ0n) is 16.4. The largest absolute Gasteiger partial charge is 0.489 e. The molecule has 28 heavy (non-hydrogen) atoms. The van der Waals surface area contributed by atoms with E-state index in [4.69, 9.17) is 9.47 Å². The molecule has 1 N–H and O–H groups in total. The van der Waals surface area contributed by atoms with Crippen LogP contribution < -0.4 is 15.0 Å². The van der Waals surface area contributed by atoms with E-state index in [0.29, 0.717) is 17.1 Å². The van der Waals surface area contributed by atoms with Crippen molar-refractivity contribution in [2.45, 2.75) is 26.9 Å². The van der Waals surface area contributed by atoms with Crippen LogP contribution in [-0.4, -0.2) is 37.5 Å². The summed E-state index contributed by atoms with van der Waals surface area (Å²) < 4.78 is 10.5. The fourth-order valence-electron chi connectivity index (χ4n) is 2.61. The van der Waals surface area contributed by atoms with Gasteiger partial charge in [-0.25, -0.2) is 4.79 Å². The van der Waals surface area contributed by atoms with E-state index in [9.17, 15) is 14.4 Å². The molecule has 7 heteroatoms. The number of ether oxygens (including phenoxy) is 2. The summed E-state index contributed by atoms with van der Waals surface area (Å²) in [6.07, 6.45) is -0.0873. The number of nitrogens with one attached hydrogen (secondary N) is 1. The Morgan fingerprint density at radius 1 is 1.04 bits per heavy atom. The predicted molar refractivity (Wildman–Crippen MR) is 107 cm³/mol. The number of rotatable bonds is 7. The molecule has 0 saturated heterocycles. The van der Waals surface area contributed by atoms with Gasteiger partial charge in [0, 0.05) is 6.92 Å². The SMILES string of the molecule is COC(=O)c1ccccc1NC(=O)CN(C(C)=O)c1ccccc1OC(C)C. The average molecular weight is 384 g/mol. The molecule has 2 amide bonds. The Kier molecular flexibility index (Phi) is 7.14. The van der Waals surface area contributed by atoms with Crippen molar-refractivity contribution in [3.8, 4) is 5.75 Å². The second kappa shape index (κ2) is 9.55. The van der Waals surface area contributed by atoms with Gasteiger partial charge in [-0.3, -0.25) is 14.5 Å². The highest BCUT2D eigenvalue weighted by Crippen LogP contribution is 2.29. The maximum absolute atomic E-state index is 12.6. The first-order valence-corrected chi connectivity index (χ1v) is 8.84. The molecule has 0 spiro atoms.